The fourth-order valence-corrected chi connectivity index (χ4v) is 4.20. The second-order valence-corrected chi connectivity index (χ2v) is 7.35. The molecule has 140 valence electrons. The number of aliphatic hydroxyl groups is 1. The third-order valence-corrected chi connectivity index (χ3v) is 5.64. The van der Waals surface area contributed by atoms with Gasteiger partial charge in [0.15, 0.2) is 0 Å². The van der Waals surface area contributed by atoms with Crippen molar-refractivity contribution < 1.29 is 24.5 Å². The highest BCUT2D eigenvalue weighted by atomic mass is 16.6. The molecule has 4 rings (SSSR count). The molecule has 27 heavy (non-hydrogen) atoms. The second-order valence-electron chi connectivity index (χ2n) is 7.35. The van der Waals surface area contributed by atoms with Gasteiger partial charge >= 0.3 is 12.1 Å². The highest BCUT2D eigenvalue weighted by Gasteiger charge is 2.50. The first-order valence-electron chi connectivity index (χ1n) is 8.96. The Morgan fingerprint density at radius 1 is 1.11 bits per heavy atom. The first-order valence-corrected chi connectivity index (χ1v) is 8.96. The minimum absolute atomic E-state index is 0.00741. The first-order chi connectivity index (χ1) is 12.9. The highest BCUT2D eigenvalue weighted by molar-refractivity contribution is 5.85. The van der Waals surface area contributed by atoms with Crippen LogP contribution < -0.4 is 0 Å². The van der Waals surface area contributed by atoms with Gasteiger partial charge in [-0.25, -0.2) is 9.59 Å². The predicted octanol–water partition coefficient (Wildman–Crippen LogP) is 2.85. The van der Waals surface area contributed by atoms with Crippen molar-refractivity contribution in [3.05, 3.63) is 59.7 Å². The van der Waals surface area contributed by atoms with Crippen molar-refractivity contribution in [2.45, 2.75) is 30.9 Å². The number of carbonyl (C=O) groups excluding carboxylic acids is 1. The zero-order chi connectivity index (χ0) is 19.2. The summed E-state index contributed by atoms with van der Waals surface area (Å²) in [4.78, 5) is 25.3. The number of aliphatic hydroxyl groups excluding tert-OH is 1. The molecule has 1 aliphatic carbocycles. The van der Waals surface area contributed by atoms with E-state index in [0.29, 0.717) is 0 Å². The summed E-state index contributed by atoms with van der Waals surface area (Å²) < 4.78 is 5.53. The van der Waals surface area contributed by atoms with Crippen LogP contribution in [0.25, 0.3) is 11.1 Å². The molecule has 0 aromatic heterocycles. The minimum Gasteiger partial charge on any atom is -0.480 e. The van der Waals surface area contributed by atoms with Gasteiger partial charge in [-0.1, -0.05) is 48.5 Å². The number of carboxylic acids is 1. The molecular formula is C21H21NO5. The molecule has 2 aromatic rings. The molecule has 2 atom stereocenters. The number of hydrogen-bond donors (Lipinski definition) is 2. The molecule has 1 aliphatic heterocycles. The van der Waals surface area contributed by atoms with Crippen molar-refractivity contribution >= 4 is 12.1 Å². The normalized spacial score (nSPS) is 23.8. The van der Waals surface area contributed by atoms with Crippen LogP contribution >= 0.6 is 0 Å². The summed E-state index contributed by atoms with van der Waals surface area (Å²) >= 11 is 0. The topological polar surface area (TPSA) is 87.1 Å². The number of carboxylic acid groups (broad SMARTS) is 1. The Morgan fingerprint density at radius 3 is 2.22 bits per heavy atom. The minimum atomic E-state index is -1.46. The van der Waals surface area contributed by atoms with E-state index in [4.69, 9.17) is 4.74 Å². The SMILES string of the molecule is C[C@@]1(C(=O)O)C[C@H](O)CN1C(=O)OCC1c2ccccc2-c2ccccc21. The Hall–Kier alpha value is -2.86. The lowest BCUT2D eigenvalue weighted by Gasteiger charge is -2.30. The van der Waals surface area contributed by atoms with Gasteiger partial charge in [0.1, 0.15) is 12.1 Å². The third kappa shape index (κ3) is 2.77. The first kappa shape index (κ1) is 17.5. The Labute approximate surface area is 157 Å². The quantitative estimate of drug-likeness (QED) is 0.871. The zero-order valence-electron chi connectivity index (χ0n) is 15.0. The van der Waals surface area contributed by atoms with Crippen LogP contribution in [-0.4, -0.2) is 52.0 Å². The number of nitrogens with zero attached hydrogens (tertiary/aromatic N) is 1. The molecule has 1 fully saturated rings. The van der Waals surface area contributed by atoms with Gasteiger partial charge in [-0.15, -0.1) is 0 Å². The molecule has 6 heteroatoms. The van der Waals surface area contributed by atoms with E-state index in [-0.39, 0.29) is 25.5 Å². The number of benzene rings is 2. The van der Waals surface area contributed by atoms with Crippen LogP contribution in [0.15, 0.2) is 48.5 Å². The van der Waals surface area contributed by atoms with Gasteiger partial charge in [0, 0.05) is 12.3 Å². The summed E-state index contributed by atoms with van der Waals surface area (Å²) in [6, 6.07) is 16.0. The maximum atomic E-state index is 12.6. The lowest BCUT2D eigenvalue weighted by atomic mass is 9.98. The molecule has 1 amide bonds. The smallest absolute Gasteiger partial charge is 0.410 e. The van der Waals surface area contributed by atoms with Crippen molar-refractivity contribution in [1.82, 2.24) is 4.90 Å². The van der Waals surface area contributed by atoms with E-state index in [2.05, 4.69) is 0 Å². The van der Waals surface area contributed by atoms with E-state index < -0.39 is 23.7 Å². The second kappa shape index (κ2) is 6.39. The lowest BCUT2D eigenvalue weighted by Crippen LogP contribution is -2.51. The van der Waals surface area contributed by atoms with E-state index in [1.165, 1.54) is 6.92 Å². The number of amides is 1. The number of β-amino-alcohol motifs (C(OH)–C–C–N with tert-alkyl or cyclic N) is 1. The van der Waals surface area contributed by atoms with Crippen LogP contribution in [0.2, 0.25) is 0 Å². The summed E-state index contributed by atoms with van der Waals surface area (Å²) in [6.07, 6.45) is -1.59. The summed E-state index contributed by atoms with van der Waals surface area (Å²) in [5.74, 6) is -1.24. The number of hydrogen-bond acceptors (Lipinski definition) is 4. The van der Waals surface area contributed by atoms with Gasteiger partial charge in [-0.3, -0.25) is 4.90 Å². The molecule has 0 bridgehead atoms. The average Bonchev–Trinajstić information content (AvgIpc) is 3.15. The standard InChI is InChI=1S/C21H21NO5/c1-21(19(24)25)10-13(23)11-22(21)20(26)27-12-18-16-8-4-2-6-14(16)15-7-3-5-9-17(15)18/h2-9,13,18,23H,10-12H2,1H3,(H,24,25)/t13-,21-/m0/s1. The maximum Gasteiger partial charge on any atom is 0.410 e. The number of fused-ring (bicyclic) bond motifs is 3. The highest BCUT2D eigenvalue weighted by Crippen LogP contribution is 2.44. The van der Waals surface area contributed by atoms with Crippen LogP contribution in [0, 0.1) is 0 Å². The largest absolute Gasteiger partial charge is 0.480 e. The van der Waals surface area contributed by atoms with Crippen LogP contribution in [-0.2, 0) is 9.53 Å². The van der Waals surface area contributed by atoms with Crippen molar-refractivity contribution in [2.24, 2.45) is 0 Å². The summed E-state index contributed by atoms with van der Waals surface area (Å²) in [5.41, 5.74) is 2.98. The lowest BCUT2D eigenvalue weighted by molar-refractivity contribution is -0.147. The molecule has 6 nitrogen and oxygen atoms in total. The van der Waals surface area contributed by atoms with Crippen LogP contribution in [0.1, 0.15) is 30.4 Å². The summed E-state index contributed by atoms with van der Waals surface area (Å²) in [5, 5.41) is 19.3. The summed E-state index contributed by atoms with van der Waals surface area (Å²) in [6.45, 7) is 1.52. The molecule has 1 heterocycles. The molecule has 0 saturated carbocycles. The molecule has 2 aromatic carbocycles. The third-order valence-electron chi connectivity index (χ3n) is 5.64. The molecule has 0 radical (unpaired) electrons. The number of rotatable bonds is 3. The molecule has 2 N–H and O–H groups in total. The van der Waals surface area contributed by atoms with E-state index in [9.17, 15) is 19.8 Å². The van der Waals surface area contributed by atoms with Crippen molar-refractivity contribution in [1.29, 1.82) is 0 Å². The van der Waals surface area contributed by atoms with Gasteiger partial charge in [0.05, 0.1) is 12.6 Å². The van der Waals surface area contributed by atoms with Gasteiger partial charge in [0.2, 0.25) is 0 Å². The molecule has 2 aliphatic rings. The molecule has 0 spiro atoms. The number of aliphatic carboxylic acids is 1. The van der Waals surface area contributed by atoms with E-state index in [0.717, 1.165) is 27.2 Å². The Morgan fingerprint density at radius 2 is 1.67 bits per heavy atom. The number of likely N-dealkylation sites (tertiary alicyclic amines) is 1. The van der Waals surface area contributed by atoms with E-state index in [1.807, 2.05) is 48.5 Å². The fraction of sp³-hybridized carbons (Fsp3) is 0.333. The number of carbonyl (C=O) groups is 2. The van der Waals surface area contributed by atoms with Crippen molar-refractivity contribution in [3.8, 4) is 11.1 Å². The van der Waals surface area contributed by atoms with Crippen molar-refractivity contribution in [3.63, 3.8) is 0 Å². The van der Waals surface area contributed by atoms with Gasteiger partial charge < -0.3 is 14.9 Å². The van der Waals surface area contributed by atoms with Gasteiger partial charge in [0.25, 0.3) is 0 Å². The Bertz CT molecular complexity index is 865. The summed E-state index contributed by atoms with van der Waals surface area (Å²) in [7, 11) is 0. The monoisotopic (exact) mass is 367 g/mol. The maximum absolute atomic E-state index is 12.6. The van der Waals surface area contributed by atoms with E-state index in [1.54, 1.807) is 0 Å². The molecular weight excluding hydrogens is 346 g/mol. The van der Waals surface area contributed by atoms with Crippen molar-refractivity contribution in [2.75, 3.05) is 13.2 Å². The predicted molar refractivity (Wildman–Crippen MR) is 98.4 cm³/mol. The van der Waals surface area contributed by atoms with Crippen LogP contribution in [0.3, 0.4) is 0 Å². The van der Waals surface area contributed by atoms with Gasteiger partial charge in [-0.05, 0) is 29.2 Å². The van der Waals surface area contributed by atoms with Crippen LogP contribution in [0.4, 0.5) is 4.79 Å². The molecule has 1 saturated heterocycles. The van der Waals surface area contributed by atoms with E-state index >= 15 is 0 Å². The number of ether oxygens (including phenoxy) is 1. The zero-order valence-corrected chi connectivity index (χ0v) is 15.0. The molecule has 0 unspecified atom stereocenters. The Kier molecular flexibility index (Phi) is 4.15. The van der Waals surface area contributed by atoms with Crippen LogP contribution in [0.5, 0.6) is 0 Å². The Balaban J connectivity index is 1.56. The van der Waals surface area contributed by atoms with Gasteiger partial charge in [-0.2, -0.15) is 0 Å². The average molecular weight is 367 g/mol. The fourth-order valence-electron chi connectivity index (χ4n) is 4.20.